The number of nitrogens with zero attached hydrogens (tertiary/aromatic N) is 2. The highest BCUT2D eigenvalue weighted by molar-refractivity contribution is 9.10. The molecule has 0 unspecified atom stereocenters. The van der Waals surface area contributed by atoms with Gasteiger partial charge in [-0.25, -0.2) is 0 Å². The summed E-state index contributed by atoms with van der Waals surface area (Å²) in [6.45, 7) is 6.98. The number of halogens is 1. The average molecular weight is 297 g/mol. The van der Waals surface area contributed by atoms with Gasteiger partial charge in [0.15, 0.2) is 0 Å². The number of carbonyl (C=O) groups is 1. The summed E-state index contributed by atoms with van der Waals surface area (Å²) in [5.74, 6) is 0.0880. The molecule has 1 aromatic rings. The van der Waals surface area contributed by atoms with Crippen LogP contribution in [-0.2, 0) is 0 Å². The number of aromatic nitrogens is 1. The lowest BCUT2D eigenvalue weighted by Gasteiger charge is -2.19. The van der Waals surface area contributed by atoms with Crippen molar-refractivity contribution in [2.24, 2.45) is 0 Å². The van der Waals surface area contributed by atoms with Crippen LogP contribution in [0, 0.1) is 0 Å². The Morgan fingerprint density at radius 3 is 2.94 bits per heavy atom. The Hall–Kier alpha value is -1.03. The van der Waals surface area contributed by atoms with Crippen molar-refractivity contribution < 1.29 is 4.79 Å². The molecule has 0 bridgehead atoms. The van der Waals surface area contributed by atoms with Crippen LogP contribution in [0.1, 0.15) is 36.3 Å². The summed E-state index contributed by atoms with van der Waals surface area (Å²) in [4.78, 5) is 14.2. The third kappa shape index (κ3) is 2.63. The summed E-state index contributed by atoms with van der Waals surface area (Å²) in [5, 5.41) is 0. The normalized spacial score (nSPS) is 14.7. The Kier molecular flexibility index (Phi) is 3.72. The number of amides is 1. The molecule has 1 saturated carbocycles. The van der Waals surface area contributed by atoms with Crippen LogP contribution in [0.4, 0.5) is 0 Å². The first-order valence-corrected chi connectivity index (χ1v) is 6.74. The Labute approximate surface area is 110 Å². The molecule has 0 radical (unpaired) electrons. The van der Waals surface area contributed by atoms with Crippen molar-refractivity contribution in [1.82, 2.24) is 9.47 Å². The zero-order chi connectivity index (χ0) is 12.4. The van der Waals surface area contributed by atoms with Gasteiger partial charge in [0.05, 0.1) is 0 Å². The lowest BCUT2D eigenvalue weighted by atomic mass is 10.3. The van der Waals surface area contributed by atoms with E-state index in [1.807, 2.05) is 19.2 Å². The Bertz CT molecular complexity index is 435. The second-order valence-corrected chi connectivity index (χ2v) is 5.23. The molecule has 1 aliphatic carbocycles. The molecule has 0 aromatic carbocycles. The third-order valence-electron chi connectivity index (χ3n) is 2.99. The second-order valence-electron chi connectivity index (χ2n) is 4.31. The monoisotopic (exact) mass is 296 g/mol. The summed E-state index contributed by atoms with van der Waals surface area (Å²) in [6, 6.07) is 2.43. The quantitative estimate of drug-likeness (QED) is 0.766. The van der Waals surface area contributed by atoms with Crippen LogP contribution in [0.3, 0.4) is 0 Å². The highest BCUT2D eigenvalue weighted by Crippen LogP contribution is 2.37. The molecule has 0 atom stereocenters. The fraction of sp³-hybridized carbons (Fsp3) is 0.462. The van der Waals surface area contributed by atoms with Crippen LogP contribution in [0.25, 0.3) is 0 Å². The maximum Gasteiger partial charge on any atom is 0.270 e. The molecule has 0 saturated heterocycles. The van der Waals surface area contributed by atoms with E-state index < -0.39 is 0 Å². The minimum Gasteiger partial charge on any atom is -0.339 e. The third-order valence-corrected chi connectivity index (χ3v) is 3.43. The maximum absolute atomic E-state index is 12.4. The predicted octanol–water partition coefficient (Wildman–Crippen LogP) is 3.23. The van der Waals surface area contributed by atoms with E-state index >= 15 is 0 Å². The van der Waals surface area contributed by atoms with Crippen molar-refractivity contribution in [3.63, 3.8) is 0 Å². The molecule has 1 amide bonds. The summed E-state index contributed by atoms with van der Waals surface area (Å²) in [5.41, 5.74) is 0.781. The van der Waals surface area contributed by atoms with Gasteiger partial charge in [-0.1, -0.05) is 6.08 Å². The Morgan fingerprint density at radius 2 is 2.41 bits per heavy atom. The van der Waals surface area contributed by atoms with Crippen LogP contribution < -0.4 is 0 Å². The first-order chi connectivity index (χ1) is 8.17. The molecule has 3 nitrogen and oxygen atoms in total. The summed E-state index contributed by atoms with van der Waals surface area (Å²) >= 11 is 3.45. The van der Waals surface area contributed by atoms with E-state index in [-0.39, 0.29) is 5.91 Å². The van der Waals surface area contributed by atoms with E-state index in [2.05, 4.69) is 27.1 Å². The smallest absolute Gasteiger partial charge is 0.270 e. The fourth-order valence-corrected chi connectivity index (χ4v) is 2.38. The molecule has 4 heteroatoms. The number of likely N-dealkylation sites (N-methyl/N-ethyl adjacent to an activating group) is 1. The van der Waals surface area contributed by atoms with Crippen molar-refractivity contribution in [1.29, 1.82) is 0 Å². The van der Waals surface area contributed by atoms with Gasteiger partial charge in [-0.3, -0.25) is 4.79 Å². The van der Waals surface area contributed by atoms with Gasteiger partial charge in [0.25, 0.3) is 5.91 Å². The van der Waals surface area contributed by atoms with Gasteiger partial charge in [-0.05, 0) is 41.8 Å². The summed E-state index contributed by atoms with van der Waals surface area (Å²) < 4.78 is 3.07. The summed E-state index contributed by atoms with van der Waals surface area (Å²) in [7, 11) is 0. The predicted molar refractivity (Wildman–Crippen MR) is 72.2 cm³/mol. The second kappa shape index (κ2) is 5.08. The van der Waals surface area contributed by atoms with Crippen LogP contribution >= 0.6 is 15.9 Å². The molecule has 92 valence electrons. The van der Waals surface area contributed by atoms with Crippen molar-refractivity contribution in [3.05, 3.63) is 35.1 Å². The standard InChI is InChI=1S/C13H17BrN2O/c1-3-7-15(4-2)13(17)12-8-10(14)9-16(12)11-5-6-11/h3,8-9,11H,1,4-7H2,2H3. The van der Waals surface area contributed by atoms with Crippen molar-refractivity contribution in [2.45, 2.75) is 25.8 Å². The van der Waals surface area contributed by atoms with Gasteiger partial charge < -0.3 is 9.47 Å². The zero-order valence-electron chi connectivity index (χ0n) is 10.0. The number of hydrogen-bond acceptors (Lipinski definition) is 1. The number of hydrogen-bond donors (Lipinski definition) is 0. The summed E-state index contributed by atoms with van der Waals surface area (Å²) in [6.07, 6.45) is 6.12. The van der Waals surface area contributed by atoms with E-state index in [4.69, 9.17) is 0 Å². The van der Waals surface area contributed by atoms with Crippen molar-refractivity contribution in [3.8, 4) is 0 Å². The van der Waals surface area contributed by atoms with Gasteiger partial charge in [0.1, 0.15) is 5.69 Å². The molecule has 17 heavy (non-hydrogen) atoms. The highest BCUT2D eigenvalue weighted by atomic mass is 79.9. The molecule has 1 heterocycles. The lowest BCUT2D eigenvalue weighted by molar-refractivity contribution is 0.0771. The zero-order valence-corrected chi connectivity index (χ0v) is 11.6. The van der Waals surface area contributed by atoms with E-state index in [0.29, 0.717) is 19.1 Å². The first kappa shape index (κ1) is 12.4. The molecule has 0 aliphatic heterocycles. The number of carbonyl (C=O) groups excluding carboxylic acids is 1. The van der Waals surface area contributed by atoms with E-state index in [1.165, 1.54) is 12.8 Å². The van der Waals surface area contributed by atoms with Gasteiger partial charge >= 0.3 is 0 Å². The fourth-order valence-electron chi connectivity index (χ4n) is 1.95. The first-order valence-electron chi connectivity index (χ1n) is 5.95. The average Bonchev–Trinajstić information content (AvgIpc) is 3.08. The molecule has 1 aromatic heterocycles. The van der Waals surface area contributed by atoms with Crippen LogP contribution in [0.5, 0.6) is 0 Å². The minimum absolute atomic E-state index is 0.0880. The van der Waals surface area contributed by atoms with Crippen LogP contribution in [-0.4, -0.2) is 28.5 Å². The van der Waals surface area contributed by atoms with E-state index in [9.17, 15) is 4.79 Å². The maximum atomic E-state index is 12.4. The van der Waals surface area contributed by atoms with Crippen molar-refractivity contribution in [2.75, 3.05) is 13.1 Å². The van der Waals surface area contributed by atoms with Gasteiger partial charge in [-0.15, -0.1) is 6.58 Å². The van der Waals surface area contributed by atoms with Crippen LogP contribution in [0.15, 0.2) is 29.4 Å². The molecular formula is C13H17BrN2O. The molecular weight excluding hydrogens is 280 g/mol. The van der Waals surface area contributed by atoms with Crippen molar-refractivity contribution >= 4 is 21.8 Å². The largest absolute Gasteiger partial charge is 0.339 e. The van der Waals surface area contributed by atoms with E-state index in [1.54, 1.807) is 11.0 Å². The molecule has 2 rings (SSSR count). The SMILES string of the molecule is C=CCN(CC)C(=O)c1cc(Br)cn1C1CC1. The van der Waals surface area contributed by atoms with Gasteiger partial charge in [0.2, 0.25) is 0 Å². The van der Waals surface area contributed by atoms with Gasteiger partial charge in [-0.2, -0.15) is 0 Å². The molecule has 0 N–H and O–H groups in total. The van der Waals surface area contributed by atoms with E-state index in [0.717, 1.165) is 10.2 Å². The molecule has 0 spiro atoms. The number of rotatable bonds is 5. The molecule has 1 fully saturated rings. The highest BCUT2D eigenvalue weighted by Gasteiger charge is 2.28. The lowest BCUT2D eigenvalue weighted by Crippen LogP contribution is -2.32. The molecule has 1 aliphatic rings. The topological polar surface area (TPSA) is 25.2 Å². The van der Waals surface area contributed by atoms with Gasteiger partial charge in [0, 0.05) is 29.8 Å². The van der Waals surface area contributed by atoms with Crippen LogP contribution in [0.2, 0.25) is 0 Å². The minimum atomic E-state index is 0.0880. The Morgan fingerprint density at radius 1 is 1.71 bits per heavy atom. The Balaban J connectivity index is 2.25.